The first-order chi connectivity index (χ1) is 10.3. The van der Waals surface area contributed by atoms with Crippen molar-refractivity contribution in [2.24, 2.45) is 0 Å². The van der Waals surface area contributed by atoms with Gasteiger partial charge >= 0.3 is 0 Å². The van der Waals surface area contributed by atoms with Gasteiger partial charge in [-0.25, -0.2) is 0 Å². The molecule has 0 fully saturated rings. The van der Waals surface area contributed by atoms with Crippen LogP contribution >= 0.6 is 0 Å². The fourth-order valence-electron chi connectivity index (χ4n) is 2.72. The minimum Gasteiger partial charge on any atom is -0.507 e. The Balaban J connectivity index is 2.14. The fraction of sp³-hybridized carbons (Fsp3) is 0.294. The number of aromatic nitrogens is 3. The van der Waals surface area contributed by atoms with E-state index in [0.29, 0.717) is 0 Å². The van der Waals surface area contributed by atoms with Crippen molar-refractivity contribution in [3.63, 3.8) is 0 Å². The third-order valence-corrected chi connectivity index (χ3v) is 3.81. The van der Waals surface area contributed by atoms with Gasteiger partial charge in [0.25, 0.3) is 0 Å². The van der Waals surface area contributed by atoms with Gasteiger partial charge in [-0.3, -0.25) is 5.10 Å². The highest BCUT2D eigenvalue weighted by Gasteiger charge is 2.15. The summed E-state index contributed by atoms with van der Waals surface area (Å²) in [6.45, 7) is 2.20. The number of aromatic hydroxyl groups is 1. The second-order valence-electron chi connectivity index (χ2n) is 5.28. The molecule has 4 nitrogen and oxygen atoms in total. The molecule has 0 saturated heterocycles. The van der Waals surface area contributed by atoms with Gasteiger partial charge in [0.05, 0.1) is 5.52 Å². The molecule has 1 aromatic heterocycles. The molecule has 21 heavy (non-hydrogen) atoms. The average Bonchev–Trinajstić information content (AvgIpc) is 2.97. The van der Waals surface area contributed by atoms with Gasteiger partial charge in [-0.15, -0.1) is 5.10 Å². The van der Waals surface area contributed by atoms with Gasteiger partial charge in [0.2, 0.25) is 0 Å². The third kappa shape index (κ3) is 2.61. The Bertz CT molecular complexity index is 749. The van der Waals surface area contributed by atoms with E-state index in [1.807, 2.05) is 24.3 Å². The second-order valence-corrected chi connectivity index (χ2v) is 5.28. The molecule has 2 aromatic carbocycles. The van der Waals surface area contributed by atoms with Crippen LogP contribution in [-0.2, 0) is 6.42 Å². The Kier molecular flexibility index (Phi) is 3.86. The van der Waals surface area contributed by atoms with Gasteiger partial charge < -0.3 is 5.11 Å². The lowest BCUT2D eigenvalue weighted by Gasteiger charge is -2.11. The van der Waals surface area contributed by atoms with Crippen LogP contribution in [0.15, 0.2) is 36.4 Å². The topological polar surface area (TPSA) is 61.8 Å². The second kappa shape index (κ2) is 5.95. The van der Waals surface area contributed by atoms with E-state index in [-0.39, 0.29) is 5.75 Å². The number of phenolic OH excluding ortho intramolecular Hbond substituents is 1. The van der Waals surface area contributed by atoms with Gasteiger partial charge in [-0.2, -0.15) is 0 Å². The van der Waals surface area contributed by atoms with Crippen LogP contribution in [0, 0.1) is 0 Å². The fourth-order valence-corrected chi connectivity index (χ4v) is 2.72. The predicted molar refractivity (Wildman–Crippen MR) is 84.2 cm³/mol. The summed E-state index contributed by atoms with van der Waals surface area (Å²) in [6.07, 6.45) is 4.52. The van der Waals surface area contributed by atoms with Crippen molar-refractivity contribution < 1.29 is 5.11 Å². The summed E-state index contributed by atoms with van der Waals surface area (Å²) in [5, 5.41) is 21.2. The Labute approximate surface area is 123 Å². The zero-order valence-electron chi connectivity index (χ0n) is 12.1. The van der Waals surface area contributed by atoms with Gasteiger partial charge in [0.15, 0.2) is 0 Å². The predicted octanol–water partition coefficient (Wildman–Crippen LogP) is 4.06. The Morgan fingerprint density at radius 1 is 1.10 bits per heavy atom. The Morgan fingerprint density at radius 3 is 2.76 bits per heavy atom. The number of aromatic amines is 1. The van der Waals surface area contributed by atoms with Crippen LogP contribution in [0.4, 0.5) is 0 Å². The third-order valence-electron chi connectivity index (χ3n) is 3.81. The number of hydrogen-bond acceptors (Lipinski definition) is 3. The van der Waals surface area contributed by atoms with Crippen molar-refractivity contribution in [2.45, 2.75) is 32.6 Å². The highest BCUT2D eigenvalue weighted by molar-refractivity contribution is 5.94. The summed E-state index contributed by atoms with van der Waals surface area (Å²) >= 11 is 0. The number of aryl methyl sites for hydroxylation is 1. The first-order valence-electron chi connectivity index (χ1n) is 7.42. The molecule has 0 radical (unpaired) electrons. The van der Waals surface area contributed by atoms with Crippen LogP contribution in [0.1, 0.15) is 31.7 Å². The van der Waals surface area contributed by atoms with Crippen LogP contribution in [-0.4, -0.2) is 20.5 Å². The molecule has 108 valence electrons. The van der Waals surface area contributed by atoms with Crippen LogP contribution < -0.4 is 0 Å². The van der Waals surface area contributed by atoms with Crippen LogP contribution in [0.3, 0.4) is 0 Å². The van der Waals surface area contributed by atoms with Crippen molar-refractivity contribution >= 4 is 11.0 Å². The number of phenols is 1. The summed E-state index contributed by atoms with van der Waals surface area (Å²) in [7, 11) is 0. The molecule has 0 bridgehead atoms. The standard InChI is InChI=1S/C17H19N3O/c1-2-3-4-7-12-10-11-14-17(19-20-18-14)16(12)13-8-5-6-9-15(13)21/h5-6,8-11,21H,2-4,7H2,1H3,(H,18,19,20). The zero-order valence-corrected chi connectivity index (χ0v) is 12.1. The molecule has 0 saturated carbocycles. The number of hydrogen-bond donors (Lipinski definition) is 2. The van der Waals surface area contributed by atoms with E-state index >= 15 is 0 Å². The first-order valence-corrected chi connectivity index (χ1v) is 7.42. The molecule has 3 aromatic rings. The largest absolute Gasteiger partial charge is 0.507 e. The molecule has 0 aliphatic rings. The van der Waals surface area contributed by atoms with E-state index in [1.54, 1.807) is 6.07 Å². The molecule has 1 heterocycles. The highest BCUT2D eigenvalue weighted by Crippen LogP contribution is 2.36. The van der Waals surface area contributed by atoms with E-state index in [9.17, 15) is 5.11 Å². The van der Waals surface area contributed by atoms with E-state index in [2.05, 4.69) is 28.4 Å². The maximum Gasteiger partial charge on any atom is 0.123 e. The smallest absolute Gasteiger partial charge is 0.123 e. The van der Waals surface area contributed by atoms with Gasteiger partial charge in [0, 0.05) is 11.1 Å². The summed E-state index contributed by atoms with van der Waals surface area (Å²) in [6, 6.07) is 11.5. The summed E-state index contributed by atoms with van der Waals surface area (Å²) in [4.78, 5) is 0. The molecular formula is C17H19N3O. The van der Waals surface area contributed by atoms with Crippen LogP contribution in [0.5, 0.6) is 5.75 Å². The van der Waals surface area contributed by atoms with E-state index in [4.69, 9.17) is 0 Å². The minimum atomic E-state index is 0.282. The molecular weight excluding hydrogens is 262 g/mol. The molecule has 0 atom stereocenters. The highest BCUT2D eigenvalue weighted by atomic mass is 16.3. The van der Waals surface area contributed by atoms with Gasteiger partial charge in [-0.1, -0.05) is 49.2 Å². The molecule has 0 amide bonds. The number of rotatable bonds is 5. The quantitative estimate of drug-likeness (QED) is 0.693. The van der Waals surface area contributed by atoms with E-state index in [0.717, 1.165) is 35.0 Å². The monoisotopic (exact) mass is 281 g/mol. The Morgan fingerprint density at radius 2 is 1.95 bits per heavy atom. The molecule has 0 aliphatic heterocycles. The normalized spacial score (nSPS) is 11.1. The molecule has 0 aliphatic carbocycles. The zero-order chi connectivity index (χ0) is 14.7. The Hall–Kier alpha value is -2.36. The molecule has 0 spiro atoms. The van der Waals surface area contributed by atoms with E-state index < -0.39 is 0 Å². The maximum absolute atomic E-state index is 10.2. The van der Waals surface area contributed by atoms with Gasteiger partial charge in [0.1, 0.15) is 11.3 Å². The lowest BCUT2D eigenvalue weighted by atomic mass is 9.94. The lowest BCUT2D eigenvalue weighted by Crippen LogP contribution is -1.93. The van der Waals surface area contributed by atoms with Crippen molar-refractivity contribution in [1.82, 2.24) is 15.4 Å². The van der Waals surface area contributed by atoms with Crippen molar-refractivity contribution in [2.75, 3.05) is 0 Å². The van der Waals surface area contributed by atoms with Crippen LogP contribution in [0.2, 0.25) is 0 Å². The first kappa shape index (κ1) is 13.6. The molecule has 4 heteroatoms. The average molecular weight is 281 g/mol. The van der Waals surface area contributed by atoms with Gasteiger partial charge in [-0.05, 0) is 30.5 Å². The summed E-state index contributed by atoms with van der Waals surface area (Å²) in [5.74, 6) is 0.282. The molecule has 2 N–H and O–H groups in total. The lowest BCUT2D eigenvalue weighted by molar-refractivity contribution is 0.477. The number of fused-ring (bicyclic) bond motifs is 1. The number of H-pyrrole nitrogens is 1. The van der Waals surface area contributed by atoms with Crippen molar-refractivity contribution in [3.05, 3.63) is 42.0 Å². The van der Waals surface area contributed by atoms with E-state index in [1.165, 1.54) is 18.4 Å². The number of benzene rings is 2. The number of unbranched alkanes of at least 4 members (excludes halogenated alkanes) is 2. The summed E-state index contributed by atoms with van der Waals surface area (Å²) in [5.41, 5.74) is 4.75. The number of para-hydroxylation sites is 1. The van der Waals surface area contributed by atoms with Crippen molar-refractivity contribution in [1.29, 1.82) is 0 Å². The molecule has 3 rings (SSSR count). The SMILES string of the molecule is CCCCCc1ccc2[nH]nnc2c1-c1ccccc1O. The van der Waals surface area contributed by atoms with Crippen LogP contribution in [0.25, 0.3) is 22.2 Å². The number of nitrogens with one attached hydrogen (secondary N) is 1. The maximum atomic E-state index is 10.2. The van der Waals surface area contributed by atoms with Crippen molar-refractivity contribution in [3.8, 4) is 16.9 Å². The summed E-state index contributed by atoms with van der Waals surface area (Å²) < 4.78 is 0. The number of nitrogens with zero attached hydrogens (tertiary/aromatic N) is 2. The minimum absolute atomic E-state index is 0.282. The molecule has 0 unspecified atom stereocenters.